The lowest BCUT2D eigenvalue weighted by Crippen LogP contribution is -2.57. The van der Waals surface area contributed by atoms with Gasteiger partial charge in [0.2, 0.25) is 5.91 Å². The highest BCUT2D eigenvalue weighted by Crippen LogP contribution is 2.62. The first-order chi connectivity index (χ1) is 9.55. The largest absolute Gasteiger partial charge is 0.354 e. The van der Waals surface area contributed by atoms with Gasteiger partial charge in [-0.1, -0.05) is 30.3 Å². The maximum absolute atomic E-state index is 12.9. The smallest absolute Gasteiger partial charge is 0.330 e. The highest BCUT2D eigenvalue weighted by atomic mass is 31.2. The zero-order chi connectivity index (χ0) is 14.8. The van der Waals surface area contributed by atoms with E-state index in [0.29, 0.717) is 0 Å². The van der Waals surface area contributed by atoms with Crippen molar-refractivity contribution in [3.8, 4) is 0 Å². The van der Waals surface area contributed by atoms with Crippen molar-refractivity contribution in [1.29, 1.82) is 0 Å². The highest BCUT2D eigenvalue weighted by molar-refractivity contribution is 7.54. The van der Waals surface area contributed by atoms with E-state index in [-0.39, 0.29) is 19.1 Å². The minimum Gasteiger partial charge on any atom is -0.330 e. The van der Waals surface area contributed by atoms with Crippen LogP contribution in [-0.4, -0.2) is 36.9 Å². The van der Waals surface area contributed by atoms with Crippen LogP contribution in [0.5, 0.6) is 0 Å². The molecule has 0 spiro atoms. The van der Waals surface area contributed by atoms with Crippen LogP contribution in [0.25, 0.3) is 0 Å². The van der Waals surface area contributed by atoms with E-state index < -0.39 is 19.3 Å². The van der Waals surface area contributed by atoms with Crippen molar-refractivity contribution in [2.45, 2.75) is 25.5 Å². The first-order valence-electron chi connectivity index (χ1n) is 6.75. The number of amides is 1. The van der Waals surface area contributed by atoms with E-state index in [1.807, 2.05) is 30.3 Å². The summed E-state index contributed by atoms with van der Waals surface area (Å²) in [6.45, 7) is 4.11. The molecular formula is C14H20NO4P. The molecule has 1 heterocycles. The summed E-state index contributed by atoms with van der Waals surface area (Å²) in [5.74, 6) is -1.05. The number of likely N-dealkylation sites (tertiary alicyclic amines) is 1. The van der Waals surface area contributed by atoms with Gasteiger partial charge in [0.1, 0.15) is 5.78 Å². The summed E-state index contributed by atoms with van der Waals surface area (Å²) in [6, 6.07) is 9.35. The van der Waals surface area contributed by atoms with Gasteiger partial charge < -0.3 is 13.9 Å². The van der Waals surface area contributed by atoms with Gasteiger partial charge in [-0.05, 0) is 19.4 Å². The Balaban J connectivity index is 2.33. The topological polar surface area (TPSA) is 55.8 Å². The van der Waals surface area contributed by atoms with Crippen LogP contribution in [0.3, 0.4) is 0 Å². The molecule has 0 aromatic heterocycles. The lowest BCUT2D eigenvalue weighted by atomic mass is 9.90. The van der Waals surface area contributed by atoms with Crippen LogP contribution in [0.1, 0.15) is 25.3 Å². The summed E-state index contributed by atoms with van der Waals surface area (Å²) in [7, 11) is -1.70. The van der Waals surface area contributed by atoms with Gasteiger partial charge in [0, 0.05) is 7.05 Å². The predicted octanol–water partition coefficient (Wildman–Crippen LogP) is 2.83. The molecule has 1 aliphatic heterocycles. The lowest BCUT2D eigenvalue weighted by Gasteiger charge is -2.47. The zero-order valence-electron chi connectivity index (χ0n) is 12.0. The molecular weight excluding hydrogens is 277 g/mol. The highest BCUT2D eigenvalue weighted by Gasteiger charge is 2.57. The first-order valence-corrected chi connectivity index (χ1v) is 8.36. The van der Waals surface area contributed by atoms with Gasteiger partial charge in [0.25, 0.3) is 0 Å². The van der Waals surface area contributed by atoms with Gasteiger partial charge in [0.15, 0.2) is 0 Å². The Morgan fingerprint density at radius 1 is 1.15 bits per heavy atom. The van der Waals surface area contributed by atoms with Crippen molar-refractivity contribution in [2.75, 3.05) is 20.3 Å². The zero-order valence-corrected chi connectivity index (χ0v) is 12.9. The molecule has 5 nitrogen and oxygen atoms in total. The van der Waals surface area contributed by atoms with Crippen molar-refractivity contribution in [3.63, 3.8) is 0 Å². The molecule has 110 valence electrons. The summed E-state index contributed by atoms with van der Waals surface area (Å²) in [4.78, 5) is 13.6. The molecule has 1 aromatic rings. The fourth-order valence-corrected chi connectivity index (χ4v) is 4.84. The molecule has 1 aromatic carbocycles. The third kappa shape index (κ3) is 2.53. The summed E-state index contributed by atoms with van der Waals surface area (Å²) in [5.41, 5.74) is 0.847. The van der Waals surface area contributed by atoms with Crippen LogP contribution in [0.15, 0.2) is 30.3 Å². The standard InChI is InChI=1S/C14H20NO4P/c1-4-18-20(17,19-5-2)14-12(13(16)15(14)3)11-9-7-6-8-10-11/h6-10,12,14H,4-5H2,1-3H3/t12-,14-/m1/s1. The van der Waals surface area contributed by atoms with Crippen molar-refractivity contribution in [3.05, 3.63) is 35.9 Å². The quantitative estimate of drug-likeness (QED) is 0.598. The van der Waals surface area contributed by atoms with Crippen LogP contribution in [0.4, 0.5) is 0 Å². The summed E-state index contributed by atoms with van der Waals surface area (Å²) in [6.07, 6.45) is 0. The molecule has 0 N–H and O–H groups in total. The molecule has 1 fully saturated rings. The fraction of sp³-hybridized carbons (Fsp3) is 0.500. The number of rotatable bonds is 6. The summed E-state index contributed by atoms with van der Waals surface area (Å²) >= 11 is 0. The Labute approximate surface area is 119 Å². The van der Waals surface area contributed by atoms with Crippen molar-refractivity contribution in [2.24, 2.45) is 0 Å². The van der Waals surface area contributed by atoms with Gasteiger partial charge in [-0.2, -0.15) is 0 Å². The van der Waals surface area contributed by atoms with E-state index in [4.69, 9.17) is 9.05 Å². The normalized spacial score (nSPS) is 22.8. The molecule has 1 aliphatic rings. The number of carbonyl (C=O) groups excluding carboxylic acids is 1. The van der Waals surface area contributed by atoms with Gasteiger partial charge in [-0.15, -0.1) is 0 Å². The SMILES string of the molecule is CCOP(=O)(OCC)[C@@H]1[C@H](c2ccccc2)C(=O)N1C. The Morgan fingerprint density at radius 2 is 1.70 bits per heavy atom. The van der Waals surface area contributed by atoms with Crippen LogP contribution < -0.4 is 0 Å². The van der Waals surface area contributed by atoms with E-state index in [1.54, 1.807) is 20.9 Å². The second-order valence-corrected chi connectivity index (χ2v) is 6.75. The third-order valence-electron chi connectivity index (χ3n) is 3.41. The van der Waals surface area contributed by atoms with Gasteiger partial charge in [0.05, 0.1) is 19.1 Å². The molecule has 6 heteroatoms. The van der Waals surface area contributed by atoms with Gasteiger partial charge in [-0.25, -0.2) is 0 Å². The number of β-lactam (4-membered cyclic amide) rings is 1. The predicted molar refractivity (Wildman–Crippen MR) is 76.6 cm³/mol. The van der Waals surface area contributed by atoms with Crippen LogP contribution >= 0.6 is 7.60 Å². The van der Waals surface area contributed by atoms with E-state index >= 15 is 0 Å². The minimum atomic E-state index is -3.33. The van der Waals surface area contributed by atoms with E-state index in [9.17, 15) is 9.36 Å². The maximum atomic E-state index is 12.9. The number of nitrogens with zero attached hydrogens (tertiary/aromatic N) is 1. The average molecular weight is 297 g/mol. The van der Waals surface area contributed by atoms with Crippen molar-refractivity contribution >= 4 is 13.5 Å². The molecule has 0 radical (unpaired) electrons. The molecule has 0 saturated carbocycles. The molecule has 2 atom stereocenters. The van der Waals surface area contributed by atoms with Crippen molar-refractivity contribution < 1.29 is 18.4 Å². The molecule has 0 aliphatic carbocycles. The maximum Gasteiger partial charge on any atom is 0.354 e. The molecule has 1 saturated heterocycles. The Hall–Kier alpha value is -1.16. The molecule has 0 bridgehead atoms. The lowest BCUT2D eigenvalue weighted by molar-refractivity contribution is -0.144. The molecule has 2 rings (SSSR count). The summed E-state index contributed by atoms with van der Waals surface area (Å²) in [5, 5.41) is 0. The number of hydrogen-bond donors (Lipinski definition) is 0. The van der Waals surface area contributed by atoms with Crippen molar-refractivity contribution in [1.82, 2.24) is 4.90 Å². The monoisotopic (exact) mass is 297 g/mol. The number of likely N-dealkylation sites (N-methyl/N-ethyl adjacent to an activating group) is 1. The number of hydrogen-bond acceptors (Lipinski definition) is 4. The van der Waals surface area contributed by atoms with Crippen LogP contribution in [0, 0.1) is 0 Å². The van der Waals surface area contributed by atoms with E-state index in [0.717, 1.165) is 5.56 Å². The second kappa shape index (κ2) is 6.08. The fourth-order valence-electron chi connectivity index (χ4n) is 2.54. The Bertz CT molecular complexity index is 509. The molecule has 0 unspecified atom stereocenters. The van der Waals surface area contributed by atoms with Crippen LogP contribution in [-0.2, 0) is 18.4 Å². The van der Waals surface area contributed by atoms with E-state index in [1.165, 1.54) is 4.90 Å². The van der Waals surface area contributed by atoms with Gasteiger partial charge >= 0.3 is 7.60 Å². The first kappa shape index (κ1) is 15.2. The second-order valence-electron chi connectivity index (χ2n) is 4.63. The van der Waals surface area contributed by atoms with Gasteiger partial charge in [-0.3, -0.25) is 9.36 Å². The van der Waals surface area contributed by atoms with Crippen LogP contribution in [0.2, 0.25) is 0 Å². The minimum absolute atomic E-state index is 0.0548. The average Bonchev–Trinajstić information content (AvgIpc) is 2.44. The molecule has 1 amide bonds. The Morgan fingerprint density at radius 3 is 2.20 bits per heavy atom. The number of benzene rings is 1. The number of carbonyl (C=O) groups is 1. The molecule has 20 heavy (non-hydrogen) atoms. The third-order valence-corrected chi connectivity index (χ3v) is 5.94. The van der Waals surface area contributed by atoms with E-state index in [2.05, 4.69) is 0 Å². The Kier molecular flexibility index (Phi) is 4.63. The summed E-state index contributed by atoms with van der Waals surface area (Å²) < 4.78 is 23.7.